The summed E-state index contributed by atoms with van der Waals surface area (Å²) in [5.74, 6) is 0. The van der Waals surface area contributed by atoms with E-state index < -0.39 is 10.0 Å². The van der Waals surface area contributed by atoms with E-state index >= 15 is 0 Å². The van der Waals surface area contributed by atoms with Gasteiger partial charge in [0.15, 0.2) is 0 Å². The Morgan fingerprint density at radius 2 is 1.54 bits per heavy atom. The number of sulfonamides is 1. The van der Waals surface area contributed by atoms with Gasteiger partial charge in [-0.3, -0.25) is 13.9 Å². The quantitative estimate of drug-likeness (QED) is 0.772. The number of para-hydroxylation sites is 1. The van der Waals surface area contributed by atoms with Crippen LogP contribution in [0, 0.1) is 0 Å². The highest BCUT2D eigenvalue weighted by Crippen LogP contribution is 2.21. The van der Waals surface area contributed by atoms with Gasteiger partial charge in [-0.2, -0.15) is 0 Å². The lowest BCUT2D eigenvalue weighted by molar-refractivity contribution is 0.601. The SMILES string of the molecule is CCn1c(=O)n(CC)c2cc(S(=O)(=O)Nc3ccccc3)ccc21. The fourth-order valence-corrected chi connectivity index (χ4v) is 3.88. The van der Waals surface area contributed by atoms with E-state index in [1.807, 2.05) is 19.9 Å². The van der Waals surface area contributed by atoms with Crippen LogP contribution in [0.3, 0.4) is 0 Å². The second kappa shape index (κ2) is 6.16. The Hall–Kier alpha value is -2.54. The average Bonchev–Trinajstić information content (AvgIpc) is 2.85. The molecule has 0 aliphatic heterocycles. The molecule has 0 fully saturated rings. The van der Waals surface area contributed by atoms with Crippen LogP contribution in [-0.2, 0) is 23.1 Å². The van der Waals surface area contributed by atoms with E-state index in [4.69, 9.17) is 0 Å². The monoisotopic (exact) mass is 345 g/mol. The summed E-state index contributed by atoms with van der Waals surface area (Å²) in [6, 6.07) is 13.5. The molecule has 0 bridgehead atoms. The number of aromatic nitrogens is 2. The molecule has 0 aliphatic rings. The Morgan fingerprint density at radius 3 is 2.17 bits per heavy atom. The molecule has 0 amide bonds. The molecule has 1 heterocycles. The van der Waals surface area contributed by atoms with Gasteiger partial charge in [0.2, 0.25) is 0 Å². The highest BCUT2D eigenvalue weighted by Gasteiger charge is 2.18. The van der Waals surface area contributed by atoms with Gasteiger partial charge >= 0.3 is 5.69 Å². The number of imidazole rings is 1. The molecule has 2 aromatic carbocycles. The van der Waals surface area contributed by atoms with Gasteiger partial charge in [0.05, 0.1) is 15.9 Å². The fourth-order valence-electron chi connectivity index (χ4n) is 2.80. The molecule has 0 unspecified atom stereocenters. The summed E-state index contributed by atoms with van der Waals surface area (Å²) < 4.78 is 31.0. The molecule has 24 heavy (non-hydrogen) atoms. The van der Waals surface area contributed by atoms with Crippen LogP contribution >= 0.6 is 0 Å². The number of rotatable bonds is 5. The third-order valence-electron chi connectivity index (χ3n) is 3.96. The minimum atomic E-state index is -3.71. The van der Waals surface area contributed by atoms with Crippen LogP contribution in [0.1, 0.15) is 13.8 Å². The van der Waals surface area contributed by atoms with E-state index in [0.717, 1.165) is 5.52 Å². The van der Waals surface area contributed by atoms with Crippen molar-refractivity contribution in [3.8, 4) is 0 Å². The number of hydrogen-bond donors (Lipinski definition) is 1. The first-order valence-corrected chi connectivity index (χ1v) is 9.27. The molecule has 0 atom stereocenters. The van der Waals surface area contributed by atoms with Crippen molar-refractivity contribution in [2.45, 2.75) is 31.8 Å². The number of anilines is 1. The first-order chi connectivity index (χ1) is 11.5. The van der Waals surface area contributed by atoms with Crippen molar-refractivity contribution in [1.82, 2.24) is 9.13 Å². The topological polar surface area (TPSA) is 73.1 Å². The van der Waals surface area contributed by atoms with E-state index in [-0.39, 0.29) is 10.6 Å². The molecule has 126 valence electrons. The van der Waals surface area contributed by atoms with E-state index in [1.54, 1.807) is 45.5 Å². The molecular weight excluding hydrogens is 326 g/mol. The molecule has 1 N–H and O–H groups in total. The second-order valence-electron chi connectivity index (χ2n) is 5.39. The molecule has 3 aromatic rings. The summed E-state index contributed by atoms with van der Waals surface area (Å²) in [7, 11) is -3.71. The summed E-state index contributed by atoms with van der Waals surface area (Å²) in [6.45, 7) is 4.78. The molecule has 3 rings (SSSR count). The summed E-state index contributed by atoms with van der Waals surface area (Å²) >= 11 is 0. The number of nitrogens with one attached hydrogen (secondary N) is 1. The van der Waals surface area contributed by atoms with Crippen LogP contribution in [0.2, 0.25) is 0 Å². The van der Waals surface area contributed by atoms with Crippen molar-refractivity contribution in [1.29, 1.82) is 0 Å². The van der Waals surface area contributed by atoms with Crippen molar-refractivity contribution in [2.24, 2.45) is 0 Å². The predicted octanol–water partition coefficient (Wildman–Crippen LogP) is 2.64. The van der Waals surface area contributed by atoms with Crippen molar-refractivity contribution >= 4 is 26.7 Å². The number of nitrogens with zero attached hydrogens (tertiary/aromatic N) is 2. The van der Waals surface area contributed by atoms with E-state index in [0.29, 0.717) is 24.3 Å². The van der Waals surface area contributed by atoms with Gasteiger partial charge in [-0.1, -0.05) is 18.2 Å². The molecular formula is C17H19N3O3S. The number of fused-ring (bicyclic) bond motifs is 1. The van der Waals surface area contributed by atoms with Gasteiger partial charge in [0.25, 0.3) is 10.0 Å². The third kappa shape index (κ3) is 2.71. The van der Waals surface area contributed by atoms with Crippen LogP contribution in [-0.4, -0.2) is 17.6 Å². The fraction of sp³-hybridized carbons (Fsp3) is 0.235. The Bertz CT molecular complexity index is 1030. The molecule has 0 spiro atoms. The Kier molecular flexibility index (Phi) is 4.19. The molecule has 6 nitrogen and oxygen atoms in total. The van der Waals surface area contributed by atoms with Gasteiger partial charge < -0.3 is 0 Å². The minimum Gasteiger partial charge on any atom is -0.292 e. The zero-order chi connectivity index (χ0) is 17.3. The summed E-state index contributed by atoms with van der Waals surface area (Å²) in [5, 5.41) is 0. The maximum absolute atomic E-state index is 12.6. The zero-order valence-electron chi connectivity index (χ0n) is 13.6. The van der Waals surface area contributed by atoms with Gasteiger partial charge in [-0.25, -0.2) is 13.2 Å². The lowest BCUT2D eigenvalue weighted by Gasteiger charge is -2.08. The molecule has 7 heteroatoms. The molecule has 0 radical (unpaired) electrons. The molecule has 0 saturated carbocycles. The minimum absolute atomic E-state index is 0.124. The standard InChI is InChI=1S/C17H19N3O3S/c1-3-19-15-11-10-14(12-16(15)20(4-2)17(19)21)24(22,23)18-13-8-6-5-7-9-13/h5-12,18H,3-4H2,1-2H3. The summed E-state index contributed by atoms with van der Waals surface area (Å²) in [4.78, 5) is 12.5. The second-order valence-corrected chi connectivity index (χ2v) is 7.08. The van der Waals surface area contributed by atoms with Crippen LogP contribution < -0.4 is 10.4 Å². The van der Waals surface area contributed by atoms with Crippen molar-refractivity contribution < 1.29 is 8.42 Å². The van der Waals surface area contributed by atoms with Gasteiger partial charge in [0.1, 0.15) is 0 Å². The molecule has 1 aromatic heterocycles. The number of aryl methyl sites for hydroxylation is 2. The van der Waals surface area contributed by atoms with Crippen LogP contribution in [0.25, 0.3) is 11.0 Å². The molecule has 0 aliphatic carbocycles. The average molecular weight is 345 g/mol. The van der Waals surface area contributed by atoms with Gasteiger partial charge in [-0.05, 0) is 44.2 Å². The first-order valence-electron chi connectivity index (χ1n) is 7.79. The Morgan fingerprint density at radius 1 is 0.917 bits per heavy atom. The van der Waals surface area contributed by atoms with Crippen molar-refractivity contribution in [2.75, 3.05) is 4.72 Å². The van der Waals surface area contributed by atoms with Gasteiger partial charge in [0, 0.05) is 18.8 Å². The summed E-state index contributed by atoms with van der Waals surface area (Å²) in [6.07, 6.45) is 0. The number of hydrogen-bond acceptors (Lipinski definition) is 3. The van der Waals surface area contributed by atoms with Crippen LogP contribution in [0.5, 0.6) is 0 Å². The Labute approximate surface area is 140 Å². The maximum Gasteiger partial charge on any atom is 0.329 e. The van der Waals surface area contributed by atoms with Crippen LogP contribution in [0.15, 0.2) is 58.2 Å². The van der Waals surface area contributed by atoms with E-state index in [2.05, 4.69) is 4.72 Å². The smallest absolute Gasteiger partial charge is 0.292 e. The highest BCUT2D eigenvalue weighted by atomic mass is 32.2. The normalized spacial score (nSPS) is 11.8. The third-order valence-corrected chi connectivity index (χ3v) is 5.34. The lowest BCUT2D eigenvalue weighted by Crippen LogP contribution is -2.23. The lowest BCUT2D eigenvalue weighted by atomic mass is 10.3. The molecule has 0 saturated heterocycles. The summed E-state index contributed by atoms with van der Waals surface area (Å²) in [5.41, 5.74) is 1.74. The van der Waals surface area contributed by atoms with Crippen LogP contribution in [0.4, 0.5) is 5.69 Å². The van der Waals surface area contributed by atoms with Crippen molar-refractivity contribution in [3.63, 3.8) is 0 Å². The predicted molar refractivity (Wildman–Crippen MR) is 94.8 cm³/mol. The number of benzene rings is 2. The zero-order valence-corrected chi connectivity index (χ0v) is 14.4. The first kappa shape index (κ1) is 16.3. The Balaban J connectivity index is 2.12. The van der Waals surface area contributed by atoms with E-state index in [9.17, 15) is 13.2 Å². The maximum atomic E-state index is 12.6. The largest absolute Gasteiger partial charge is 0.329 e. The van der Waals surface area contributed by atoms with Gasteiger partial charge in [-0.15, -0.1) is 0 Å². The highest BCUT2D eigenvalue weighted by molar-refractivity contribution is 7.92. The van der Waals surface area contributed by atoms with Crippen molar-refractivity contribution in [3.05, 3.63) is 59.0 Å². The van der Waals surface area contributed by atoms with E-state index in [1.165, 1.54) is 6.07 Å².